The number of benzene rings is 2. The lowest BCUT2D eigenvalue weighted by atomic mass is 9.95. The first-order chi connectivity index (χ1) is 14.5. The number of aliphatic hydroxyl groups is 1. The topological polar surface area (TPSA) is 116 Å². The molecule has 8 heteroatoms. The molecule has 0 aromatic heterocycles. The number of ether oxygens (including phenoxy) is 2. The Morgan fingerprint density at radius 2 is 1.83 bits per heavy atom. The Morgan fingerprint density at radius 3 is 2.57 bits per heavy atom. The molecule has 4 rings (SSSR count). The van der Waals surface area contributed by atoms with Gasteiger partial charge >= 0.3 is 0 Å². The molecule has 2 aromatic rings. The molecule has 1 amide bonds. The molecule has 30 heavy (non-hydrogen) atoms. The fourth-order valence-corrected chi connectivity index (χ4v) is 3.69. The number of hydrogen-bond acceptors (Lipinski definition) is 7. The van der Waals surface area contributed by atoms with E-state index in [4.69, 9.17) is 9.47 Å². The van der Waals surface area contributed by atoms with Crippen LogP contribution in [0, 0.1) is 0 Å². The van der Waals surface area contributed by atoms with Crippen LogP contribution in [0.15, 0.2) is 54.1 Å². The highest BCUT2D eigenvalue weighted by Gasteiger charge is 2.46. The minimum atomic E-state index is -1.24. The molecule has 8 nitrogen and oxygen atoms in total. The van der Waals surface area contributed by atoms with E-state index < -0.39 is 23.7 Å². The summed E-state index contributed by atoms with van der Waals surface area (Å²) in [6.07, 6.45) is -0.142. The normalized spacial score (nSPS) is 19.3. The number of aliphatic hydroxyl groups excluding tert-OH is 1. The number of hydrogen-bond donors (Lipinski definition) is 1. The Morgan fingerprint density at radius 1 is 1.10 bits per heavy atom. The second kappa shape index (κ2) is 7.90. The van der Waals surface area contributed by atoms with Crippen LogP contribution < -0.4 is 14.6 Å². The van der Waals surface area contributed by atoms with Crippen LogP contribution in [0.5, 0.6) is 11.5 Å². The van der Waals surface area contributed by atoms with Gasteiger partial charge in [0.05, 0.1) is 11.6 Å². The smallest absolute Gasteiger partial charge is 0.295 e. The number of rotatable bonds is 6. The van der Waals surface area contributed by atoms with Gasteiger partial charge in [0.15, 0.2) is 11.5 Å². The monoisotopic (exact) mass is 408 g/mol. The van der Waals surface area contributed by atoms with Gasteiger partial charge in [-0.15, -0.1) is 0 Å². The van der Waals surface area contributed by atoms with Crippen LogP contribution in [-0.4, -0.2) is 41.0 Å². The molecule has 1 saturated heterocycles. The van der Waals surface area contributed by atoms with E-state index in [2.05, 4.69) is 0 Å². The Hall–Kier alpha value is -3.81. The second-order valence-electron chi connectivity index (χ2n) is 6.95. The van der Waals surface area contributed by atoms with Crippen LogP contribution in [0.1, 0.15) is 30.0 Å². The molecular formula is C22H18NO7-. The molecule has 0 bridgehead atoms. The average Bonchev–Trinajstić information content (AvgIpc) is 3.31. The predicted molar refractivity (Wildman–Crippen MR) is 102 cm³/mol. The van der Waals surface area contributed by atoms with Crippen molar-refractivity contribution in [2.24, 2.45) is 0 Å². The largest absolute Gasteiger partial charge is 0.550 e. The van der Waals surface area contributed by atoms with Crippen molar-refractivity contribution < 1.29 is 34.1 Å². The summed E-state index contributed by atoms with van der Waals surface area (Å²) in [6.45, 7) is 0.0812. The van der Waals surface area contributed by atoms with Crippen LogP contribution in [0.3, 0.4) is 0 Å². The number of Topliss-reactive ketones (excluding diaryl/α,β-unsaturated/α-hetero) is 1. The van der Waals surface area contributed by atoms with Crippen molar-refractivity contribution in [3.8, 4) is 11.5 Å². The number of carboxylic acid groups (broad SMARTS) is 1. The van der Waals surface area contributed by atoms with Gasteiger partial charge in [-0.3, -0.25) is 9.59 Å². The van der Waals surface area contributed by atoms with Gasteiger partial charge in [0, 0.05) is 18.1 Å². The summed E-state index contributed by atoms with van der Waals surface area (Å²) < 4.78 is 10.7. The van der Waals surface area contributed by atoms with Gasteiger partial charge in [0.1, 0.15) is 5.76 Å². The summed E-state index contributed by atoms with van der Waals surface area (Å²) in [5.41, 5.74) is 0.888. The lowest BCUT2D eigenvalue weighted by Gasteiger charge is -2.25. The third-order valence-corrected chi connectivity index (χ3v) is 5.08. The van der Waals surface area contributed by atoms with Crippen molar-refractivity contribution in [3.05, 3.63) is 65.2 Å². The highest BCUT2D eigenvalue weighted by molar-refractivity contribution is 6.46. The number of aliphatic carboxylic acids is 1. The molecule has 0 unspecified atom stereocenters. The van der Waals surface area contributed by atoms with Gasteiger partial charge in [-0.1, -0.05) is 36.4 Å². The molecule has 0 saturated carbocycles. The van der Waals surface area contributed by atoms with Crippen molar-refractivity contribution in [2.75, 3.05) is 13.3 Å². The summed E-state index contributed by atoms with van der Waals surface area (Å²) in [5, 5.41) is 21.7. The van der Waals surface area contributed by atoms with Crippen LogP contribution in [0.2, 0.25) is 0 Å². The van der Waals surface area contributed by atoms with E-state index in [0.717, 1.165) is 0 Å². The highest BCUT2D eigenvalue weighted by atomic mass is 16.7. The fraction of sp³-hybridized carbons (Fsp3) is 0.227. The van der Waals surface area contributed by atoms with Crippen LogP contribution in [0.4, 0.5) is 0 Å². The predicted octanol–water partition coefficient (Wildman–Crippen LogP) is 1.37. The number of amides is 1. The first-order valence-electron chi connectivity index (χ1n) is 9.40. The molecule has 2 aromatic carbocycles. The number of ketones is 1. The van der Waals surface area contributed by atoms with Crippen molar-refractivity contribution in [1.29, 1.82) is 0 Å². The zero-order valence-electron chi connectivity index (χ0n) is 15.9. The van der Waals surface area contributed by atoms with Gasteiger partial charge in [-0.05, 0) is 30.5 Å². The number of carbonyl (C=O) groups excluding carboxylic acids is 3. The summed E-state index contributed by atoms with van der Waals surface area (Å²) in [6, 6.07) is 12.6. The SMILES string of the molecule is O=C([O-])CCCN1C(=O)C(=O)C(=C(O)c2ccccc2)[C@H]1c1ccc2c(c1)OCO2. The zero-order valence-corrected chi connectivity index (χ0v) is 15.9. The number of fused-ring (bicyclic) bond motifs is 1. The Labute approximate surface area is 171 Å². The first kappa shape index (κ1) is 19.5. The van der Waals surface area contributed by atoms with Crippen LogP contribution in [-0.2, 0) is 14.4 Å². The van der Waals surface area contributed by atoms with Crippen LogP contribution >= 0.6 is 0 Å². The van der Waals surface area contributed by atoms with Crippen molar-refractivity contribution in [1.82, 2.24) is 4.90 Å². The average molecular weight is 408 g/mol. The van der Waals surface area contributed by atoms with E-state index in [1.165, 1.54) is 4.90 Å². The first-order valence-corrected chi connectivity index (χ1v) is 9.40. The van der Waals surface area contributed by atoms with Gasteiger partial charge in [0.25, 0.3) is 11.7 Å². The molecular weight excluding hydrogens is 390 g/mol. The van der Waals surface area contributed by atoms with E-state index in [1.807, 2.05) is 0 Å². The molecule has 0 radical (unpaired) electrons. The minimum absolute atomic E-state index is 0.0171. The molecule has 0 spiro atoms. The molecule has 0 aliphatic carbocycles. The van der Waals surface area contributed by atoms with E-state index in [1.54, 1.807) is 48.5 Å². The molecule has 1 N–H and O–H groups in total. The number of carboxylic acids is 1. The molecule has 1 atom stereocenters. The molecule has 154 valence electrons. The molecule has 2 heterocycles. The quantitative estimate of drug-likeness (QED) is 0.436. The maximum absolute atomic E-state index is 12.9. The zero-order chi connectivity index (χ0) is 21.3. The van der Waals surface area contributed by atoms with E-state index in [0.29, 0.717) is 22.6 Å². The van der Waals surface area contributed by atoms with Gasteiger partial charge in [-0.25, -0.2) is 0 Å². The van der Waals surface area contributed by atoms with Gasteiger partial charge in [0.2, 0.25) is 6.79 Å². The standard InChI is InChI=1S/C22H19NO7/c24-17(25)7-4-10-23-19(14-8-9-15-16(11-14)30-12-29-15)18(21(27)22(23)28)20(26)13-5-2-1-3-6-13/h1-3,5-6,8-9,11,19,26H,4,7,10,12H2,(H,24,25)/p-1/t19-/m1/s1. The molecule has 1 fully saturated rings. The van der Waals surface area contributed by atoms with Gasteiger partial charge in [-0.2, -0.15) is 0 Å². The summed E-state index contributed by atoms with van der Waals surface area (Å²) >= 11 is 0. The van der Waals surface area contributed by atoms with Gasteiger partial charge < -0.3 is 29.4 Å². The maximum atomic E-state index is 12.9. The minimum Gasteiger partial charge on any atom is -0.550 e. The lowest BCUT2D eigenvalue weighted by molar-refractivity contribution is -0.305. The fourth-order valence-electron chi connectivity index (χ4n) is 3.69. The number of nitrogens with zero attached hydrogens (tertiary/aromatic N) is 1. The lowest BCUT2D eigenvalue weighted by Crippen LogP contribution is -2.32. The Kier molecular flexibility index (Phi) is 5.14. The Balaban J connectivity index is 1.80. The van der Waals surface area contributed by atoms with Crippen molar-refractivity contribution in [3.63, 3.8) is 0 Å². The molecule has 2 aliphatic rings. The molecule has 2 aliphatic heterocycles. The number of carbonyl (C=O) groups is 3. The third kappa shape index (κ3) is 3.47. The van der Waals surface area contributed by atoms with Crippen molar-refractivity contribution >= 4 is 23.4 Å². The van der Waals surface area contributed by atoms with E-state index >= 15 is 0 Å². The summed E-state index contributed by atoms with van der Waals surface area (Å²) in [5.74, 6) is -2.15. The van der Waals surface area contributed by atoms with Crippen molar-refractivity contribution in [2.45, 2.75) is 18.9 Å². The van der Waals surface area contributed by atoms with Crippen LogP contribution in [0.25, 0.3) is 5.76 Å². The third-order valence-electron chi connectivity index (χ3n) is 5.08. The second-order valence-corrected chi connectivity index (χ2v) is 6.95. The van der Waals surface area contributed by atoms with E-state index in [-0.39, 0.29) is 37.5 Å². The highest BCUT2D eigenvalue weighted by Crippen LogP contribution is 2.43. The number of likely N-dealkylation sites (tertiary alicyclic amines) is 1. The Bertz CT molecular complexity index is 1040. The maximum Gasteiger partial charge on any atom is 0.295 e. The van der Waals surface area contributed by atoms with E-state index in [9.17, 15) is 24.6 Å². The summed E-state index contributed by atoms with van der Waals surface area (Å²) in [4.78, 5) is 37.7. The summed E-state index contributed by atoms with van der Waals surface area (Å²) in [7, 11) is 0.